The highest BCUT2D eigenvalue weighted by atomic mass is 32.1. The van der Waals surface area contributed by atoms with Crippen molar-refractivity contribution in [2.75, 3.05) is 5.32 Å². The Bertz CT molecular complexity index is 851. The number of aryl methyl sites for hydroxylation is 2. The molecule has 4 rings (SSSR count). The number of fused-ring (bicyclic) bond motifs is 1. The zero-order valence-corrected chi connectivity index (χ0v) is 14.6. The molecule has 1 aromatic carbocycles. The van der Waals surface area contributed by atoms with E-state index in [9.17, 15) is 4.79 Å². The highest BCUT2D eigenvalue weighted by Crippen LogP contribution is 2.28. The summed E-state index contributed by atoms with van der Waals surface area (Å²) in [5.74, 6) is -0.256. The van der Waals surface area contributed by atoms with Gasteiger partial charge in [0.2, 0.25) is 0 Å². The summed E-state index contributed by atoms with van der Waals surface area (Å²) in [6, 6.07) is 7.90. The van der Waals surface area contributed by atoms with Gasteiger partial charge >= 0.3 is 0 Å². The molecule has 1 aliphatic carbocycles. The molecule has 6 heteroatoms. The first-order chi connectivity index (χ1) is 12.3. The molecular weight excluding hydrogens is 332 g/mol. The number of rotatable bonds is 4. The van der Waals surface area contributed by atoms with Crippen molar-refractivity contribution in [3.63, 3.8) is 0 Å². The number of aromatic nitrogens is 3. The molecule has 0 saturated heterocycles. The molecule has 1 aliphatic rings. The minimum absolute atomic E-state index is 0.256. The van der Waals surface area contributed by atoms with Gasteiger partial charge in [0.1, 0.15) is 5.69 Å². The van der Waals surface area contributed by atoms with Gasteiger partial charge in [-0.15, -0.1) is 11.3 Å². The third kappa shape index (κ3) is 3.74. The monoisotopic (exact) mass is 350 g/mol. The molecule has 1 amide bonds. The predicted molar refractivity (Wildman–Crippen MR) is 98.0 cm³/mol. The molecule has 0 unspecified atom stereocenters. The predicted octanol–water partition coefficient (Wildman–Crippen LogP) is 3.66. The second-order valence-electron chi connectivity index (χ2n) is 6.10. The lowest BCUT2D eigenvalue weighted by Crippen LogP contribution is -2.13. The first kappa shape index (κ1) is 15.9. The Labute approximate surface area is 150 Å². The molecule has 0 saturated carbocycles. The van der Waals surface area contributed by atoms with Crippen LogP contribution in [0.3, 0.4) is 0 Å². The van der Waals surface area contributed by atoms with Crippen molar-refractivity contribution in [1.82, 2.24) is 15.0 Å². The Kier molecular flexibility index (Phi) is 4.52. The van der Waals surface area contributed by atoms with Gasteiger partial charge in [0.05, 0.1) is 16.9 Å². The van der Waals surface area contributed by atoms with E-state index in [0.29, 0.717) is 5.69 Å². The van der Waals surface area contributed by atoms with Crippen LogP contribution in [-0.4, -0.2) is 20.9 Å². The molecule has 5 nitrogen and oxygen atoms in total. The van der Waals surface area contributed by atoms with Crippen molar-refractivity contribution >= 4 is 22.9 Å². The summed E-state index contributed by atoms with van der Waals surface area (Å²) in [7, 11) is 0. The highest BCUT2D eigenvalue weighted by Gasteiger charge is 2.15. The number of anilines is 1. The lowest BCUT2D eigenvalue weighted by atomic mass is 10.0. The maximum Gasteiger partial charge on any atom is 0.275 e. The van der Waals surface area contributed by atoms with Gasteiger partial charge in [-0.1, -0.05) is 12.1 Å². The molecule has 0 spiro atoms. The van der Waals surface area contributed by atoms with E-state index in [1.165, 1.54) is 52.8 Å². The van der Waals surface area contributed by atoms with Crippen LogP contribution < -0.4 is 5.32 Å². The van der Waals surface area contributed by atoms with Gasteiger partial charge in [-0.2, -0.15) is 0 Å². The van der Waals surface area contributed by atoms with E-state index in [1.54, 1.807) is 6.20 Å². The number of carbonyl (C=O) groups excluding carboxylic acids is 1. The Hall–Kier alpha value is -2.60. The topological polar surface area (TPSA) is 67.8 Å². The fraction of sp³-hybridized carbons (Fsp3) is 0.263. The fourth-order valence-electron chi connectivity index (χ4n) is 2.97. The van der Waals surface area contributed by atoms with Crippen LogP contribution in [0, 0.1) is 0 Å². The van der Waals surface area contributed by atoms with E-state index in [2.05, 4.69) is 15.3 Å². The van der Waals surface area contributed by atoms with E-state index >= 15 is 0 Å². The second-order valence-corrected chi connectivity index (χ2v) is 7.27. The van der Waals surface area contributed by atoms with E-state index in [4.69, 9.17) is 4.98 Å². The number of carbonyl (C=O) groups is 1. The zero-order valence-electron chi connectivity index (χ0n) is 13.7. The van der Waals surface area contributed by atoms with E-state index in [1.807, 2.05) is 35.6 Å². The number of benzene rings is 1. The van der Waals surface area contributed by atoms with Crippen LogP contribution in [0.25, 0.3) is 0 Å². The summed E-state index contributed by atoms with van der Waals surface area (Å²) in [5, 5.41) is 4.02. The van der Waals surface area contributed by atoms with Crippen molar-refractivity contribution < 1.29 is 4.79 Å². The van der Waals surface area contributed by atoms with Crippen LogP contribution in [0.5, 0.6) is 0 Å². The first-order valence-corrected chi connectivity index (χ1v) is 9.23. The molecule has 25 heavy (non-hydrogen) atoms. The number of nitrogens with zero attached hydrogens (tertiary/aromatic N) is 3. The number of amides is 1. The molecule has 0 atom stereocenters. The van der Waals surface area contributed by atoms with Crippen molar-refractivity contribution in [1.29, 1.82) is 0 Å². The third-order valence-electron chi connectivity index (χ3n) is 4.25. The SMILES string of the molecule is O=C(Nc1ccc(Cc2nc3c(s2)CCCC3)cc1)c1cnccn1. The first-order valence-electron chi connectivity index (χ1n) is 8.42. The quantitative estimate of drug-likeness (QED) is 0.780. The van der Waals surface area contributed by atoms with Gasteiger partial charge in [-0.05, 0) is 43.4 Å². The van der Waals surface area contributed by atoms with Crippen molar-refractivity contribution in [2.45, 2.75) is 32.1 Å². The minimum atomic E-state index is -0.256. The zero-order chi connectivity index (χ0) is 17.1. The highest BCUT2D eigenvalue weighted by molar-refractivity contribution is 7.11. The summed E-state index contributed by atoms with van der Waals surface area (Å²) < 4.78 is 0. The second kappa shape index (κ2) is 7.11. The molecular formula is C19H18N4OS. The van der Waals surface area contributed by atoms with Crippen LogP contribution in [0.2, 0.25) is 0 Å². The fourth-order valence-corrected chi connectivity index (χ4v) is 4.16. The number of hydrogen-bond donors (Lipinski definition) is 1. The van der Waals surface area contributed by atoms with Crippen molar-refractivity contribution in [2.24, 2.45) is 0 Å². The summed E-state index contributed by atoms with van der Waals surface area (Å²) >= 11 is 1.85. The molecule has 0 bridgehead atoms. The molecule has 126 valence electrons. The Morgan fingerprint density at radius 1 is 1.12 bits per heavy atom. The van der Waals surface area contributed by atoms with Gasteiger partial charge in [0, 0.05) is 29.4 Å². The normalized spacial score (nSPS) is 13.3. The van der Waals surface area contributed by atoms with Crippen LogP contribution in [-0.2, 0) is 19.3 Å². The van der Waals surface area contributed by atoms with Crippen LogP contribution in [0.15, 0.2) is 42.9 Å². The van der Waals surface area contributed by atoms with Crippen LogP contribution in [0.1, 0.15) is 44.5 Å². The van der Waals surface area contributed by atoms with Gasteiger partial charge in [0.15, 0.2) is 0 Å². The van der Waals surface area contributed by atoms with Gasteiger partial charge in [0.25, 0.3) is 5.91 Å². The summed E-state index contributed by atoms with van der Waals surface area (Å²) in [6.45, 7) is 0. The number of thiazole rings is 1. The van der Waals surface area contributed by atoms with Crippen LogP contribution >= 0.6 is 11.3 Å². The van der Waals surface area contributed by atoms with Crippen molar-refractivity contribution in [3.05, 3.63) is 69.7 Å². The summed E-state index contributed by atoms with van der Waals surface area (Å²) in [4.78, 5) is 26.2. The third-order valence-corrected chi connectivity index (χ3v) is 5.41. The average molecular weight is 350 g/mol. The Balaban J connectivity index is 1.41. The Morgan fingerprint density at radius 3 is 2.72 bits per heavy atom. The molecule has 1 N–H and O–H groups in total. The summed E-state index contributed by atoms with van der Waals surface area (Å²) in [5.41, 5.74) is 3.56. The summed E-state index contributed by atoms with van der Waals surface area (Å²) in [6.07, 6.45) is 10.2. The smallest absolute Gasteiger partial charge is 0.275 e. The van der Waals surface area contributed by atoms with E-state index in [0.717, 1.165) is 18.5 Å². The van der Waals surface area contributed by atoms with Gasteiger partial charge < -0.3 is 5.32 Å². The molecule has 0 aliphatic heterocycles. The minimum Gasteiger partial charge on any atom is -0.321 e. The van der Waals surface area contributed by atoms with Gasteiger partial charge in [-0.3, -0.25) is 9.78 Å². The molecule has 2 heterocycles. The molecule has 0 fully saturated rings. The average Bonchev–Trinajstić information content (AvgIpc) is 3.06. The lowest BCUT2D eigenvalue weighted by molar-refractivity contribution is 0.102. The maximum atomic E-state index is 12.1. The molecule has 0 radical (unpaired) electrons. The van der Waals surface area contributed by atoms with Crippen LogP contribution in [0.4, 0.5) is 5.69 Å². The maximum absolute atomic E-state index is 12.1. The number of nitrogens with one attached hydrogen (secondary N) is 1. The van der Waals surface area contributed by atoms with E-state index < -0.39 is 0 Å². The lowest BCUT2D eigenvalue weighted by Gasteiger charge is -2.06. The standard InChI is InChI=1S/C19H18N4OS/c24-19(16-12-20-9-10-21-16)22-14-7-5-13(6-8-14)11-18-23-15-3-1-2-4-17(15)25-18/h5-10,12H,1-4,11H2,(H,22,24). The van der Waals surface area contributed by atoms with Gasteiger partial charge in [-0.25, -0.2) is 9.97 Å². The molecule has 2 aromatic heterocycles. The van der Waals surface area contributed by atoms with Crippen molar-refractivity contribution in [3.8, 4) is 0 Å². The molecule has 3 aromatic rings. The number of hydrogen-bond acceptors (Lipinski definition) is 5. The Morgan fingerprint density at radius 2 is 1.96 bits per heavy atom. The van der Waals surface area contributed by atoms with E-state index in [-0.39, 0.29) is 5.91 Å². The largest absolute Gasteiger partial charge is 0.321 e.